The molecular weight excluding hydrogens is 138 g/mol. The Morgan fingerprint density at radius 3 is 2.55 bits per heavy atom. The molecule has 0 aromatic carbocycles. The molecule has 0 heterocycles. The number of hydrogen-bond acceptors (Lipinski definition) is 2. The molecule has 1 fully saturated rings. The van der Waals surface area contributed by atoms with Crippen molar-refractivity contribution in [2.45, 2.75) is 39.2 Å². The summed E-state index contributed by atoms with van der Waals surface area (Å²) in [5.41, 5.74) is 5.76. The van der Waals surface area contributed by atoms with Gasteiger partial charge in [0, 0.05) is 0 Å². The minimum atomic E-state index is -0.201. The summed E-state index contributed by atoms with van der Waals surface area (Å²) >= 11 is 0. The molecule has 0 aromatic heterocycles. The third kappa shape index (κ3) is 1.80. The Hall–Kier alpha value is -0.370. The van der Waals surface area contributed by atoms with Gasteiger partial charge in [0.25, 0.3) is 0 Å². The molecule has 64 valence electrons. The lowest BCUT2D eigenvalue weighted by atomic mass is 9.89. The van der Waals surface area contributed by atoms with Gasteiger partial charge in [-0.3, -0.25) is 4.79 Å². The number of carbonyl (C=O) groups is 1. The average Bonchev–Trinajstić information content (AvgIpc) is 2.33. The summed E-state index contributed by atoms with van der Waals surface area (Å²) in [6.07, 6.45) is 3.63. The molecule has 2 N–H and O–H groups in total. The molecule has 1 aliphatic carbocycles. The molecule has 0 radical (unpaired) electrons. The number of ketones is 1. The van der Waals surface area contributed by atoms with Gasteiger partial charge in [-0.15, -0.1) is 0 Å². The largest absolute Gasteiger partial charge is 0.321 e. The van der Waals surface area contributed by atoms with Crippen LogP contribution < -0.4 is 5.73 Å². The smallest absolute Gasteiger partial charge is 0.146 e. The Morgan fingerprint density at radius 1 is 1.55 bits per heavy atom. The molecule has 2 heteroatoms. The van der Waals surface area contributed by atoms with Crippen LogP contribution >= 0.6 is 0 Å². The first-order valence-electron chi connectivity index (χ1n) is 4.39. The second-order valence-corrected chi connectivity index (χ2v) is 3.71. The average molecular weight is 155 g/mol. The number of nitrogens with two attached hydrogens (primary N) is 1. The second kappa shape index (κ2) is 3.35. The van der Waals surface area contributed by atoms with E-state index in [2.05, 4.69) is 6.92 Å². The molecule has 1 aliphatic rings. The highest BCUT2D eigenvalue weighted by atomic mass is 16.1. The van der Waals surface area contributed by atoms with Crippen molar-refractivity contribution in [3.05, 3.63) is 0 Å². The predicted molar refractivity (Wildman–Crippen MR) is 45.2 cm³/mol. The van der Waals surface area contributed by atoms with E-state index in [1.165, 1.54) is 12.8 Å². The quantitative estimate of drug-likeness (QED) is 0.654. The predicted octanol–water partition coefficient (Wildman–Crippen LogP) is 1.34. The van der Waals surface area contributed by atoms with E-state index in [1.54, 1.807) is 6.92 Å². The van der Waals surface area contributed by atoms with Crippen molar-refractivity contribution in [3.8, 4) is 0 Å². The van der Waals surface area contributed by atoms with Gasteiger partial charge in [0.2, 0.25) is 0 Å². The SMILES string of the molecule is CC(=O)[C@@H](N)[C@H]1CCC[C@H]1C. The molecule has 0 amide bonds. The first-order chi connectivity index (χ1) is 5.13. The van der Waals surface area contributed by atoms with Crippen LogP contribution in [0.1, 0.15) is 33.1 Å². The fraction of sp³-hybridized carbons (Fsp3) is 0.889. The van der Waals surface area contributed by atoms with Crippen LogP contribution in [0.25, 0.3) is 0 Å². The summed E-state index contributed by atoms with van der Waals surface area (Å²) < 4.78 is 0. The lowest BCUT2D eigenvalue weighted by Crippen LogP contribution is -2.37. The molecule has 0 spiro atoms. The Morgan fingerprint density at radius 2 is 2.18 bits per heavy atom. The standard InChI is InChI=1S/C9H17NO/c1-6-4-3-5-8(6)9(10)7(2)11/h6,8-9H,3-5,10H2,1-2H3/t6-,8+,9-/m1/s1. The molecule has 3 atom stereocenters. The van der Waals surface area contributed by atoms with E-state index in [-0.39, 0.29) is 11.8 Å². The lowest BCUT2D eigenvalue weighted by Gasteiger charge is -2.20. The molecule has 0 saturated heterocycles. The van der Waals surface area contributed by atoms with Crippen molar-refractivity contribution in [3.63, 3.8) is 0 Å². The van der Waals surface area contributed by atoms with Gasteiger partial charge >= 0.3 is 0 Å². The highest BCUT2D eigenvalue weighted by Crippen LogP contribution is 2.32. The van der Waals surface area contributed by atoms with Crippen LogP contribution in [0.15, 0.2) is 0 Å². The van der Waals surface area contributed by atoms with E-state index >= 15 is 0 Å². The number of Topliss-reactive ketones (excluding diaryl/α,β-unsaturated/α-hetero) is 1. The summed E-state index contributed by atoms with van der Waals surface area (Å²) in [5, 5.41) is 0. The van der Waals surface area contributed by atoms with Gasteiger partial charge in [0.1, 0.15) is 5.78 Å². The molecule has 1 rings (SSSR count). The monoisotopic (exact) mass is 155 g/mol. The molecule has 0 bridgehead atoms. The maximum atomic E-state index is 11.0. The molecule has 11 heavy (non-hydrogen) atoms. The number of rotatable bonds is 2. The van der Waals surface area contributed by atoms with Crippen LogP contribution in [0.2, 0.25) is 0 Å². The van der Waals surface area contributed by atoms with Crippen molar-refractivity contribution in [1.29, 1.82) is 0 Å². The zero-order valence-corrected chi connectivity index (χ0v) is 7.34. The van der Waals surface area contributed by atoms with Crippen LogP contribution in [0.5, 0.6) is 0 Å². The number of hydrogen-bond donors (Lipinski definition) is 1. The molecular formula is C9H17NO. The van der Waals surface area contributed by atoms with Gasteiger partial charge in [0.05, 0.1) is 6.04 Å². The molecule has 2 nitrogen and oxygen atoms in total. The second-order valence-electron chi connectivity index (χ2n) is 3.71. The van der Waals surface area contributed by atoms with Crippen molar-refractivity contribution < 1.29 is 4.79 Å². The van der Waals surface area contributed by atoms with Crippen molar-refractivity contribution in [1.82, 2.24) is 0 Å². The molecule has 0 aromatic rings. The van der Waals surface area contributed by atoms with Crippen LogP contribution in [-0.4, -0.2) is 11.8 Å². The molecule has 1 saturated carbocycles. The van der Waals surface area contributed by atoms with E-state index in [0.29, 0.717) is 11.8 Å². The van der Waals surface area contributed by atoms with Crippen LogP contribution in [-0.2, 0) is 4.79 Å². The zero-order chi connectivity index (χ0) is 8.43. The van der Waals surface area contributed by atoms with E-state index in [0.717, 1.165) is 6.42 Å². The molecule has 0 unspecified atom stereocenters. The highest BCUT2D eigenvalue weighted by Gasteiger charge is 2.30. The van der Waals surface area contributed by atoms with Crippen molar-refractivity contribution >= 4 is 5.78 Å². The van der Waals surface area contributed by atoms with Gasteiger partial charge in [-0.25, -0.2) is 0 Å². The first-order valence-corrected chi connectivity index (χ1v) is 4.39. The highest BCUT2D eigenvalue weighted by molar-refractivity contribution is 5.81. The Labute approximate surface area is 68.2 Å². The summed E-state index contributed by atoms with van der Waals surface area (Å²) in [5.74, 6) is 1.24. The van der Waals surface area contributed by atoms with Crippen LogP contribution in [0.3, 0.4) is 0 Å². The summed E-state index contributed by atoms with van der Waals surface area (Å²) in [4.78, 5) is 11.0. The van der Waals surface area contributed by atoms with E-state index in [9.17, 15) is 4.79 Å². The maximum Gasteiger partial charge on any atom is 0.146 e. The fourth-order valence-corrected chi connectivity index (χ4v) is 2.01. The Kier molecular flexibility index (Phi) is 2.66. The first kappa shape index (κ1) is 8.72. The van der Waals surface area contributed by atoms with Crippen LogP contribution in [0.4, 0.5) is 0 Å². The van der Waals surface area contributed by atoms with Gasteiger partial charge in [-0.2, -0.15) is 0 Å². The minimum absolute atomic E-state index is 0.142. The summed E-state index contributed by atoms with van der Waals surface area (Å²) in [6, 6.07) is -0.201. The summed E-state index contributed by atoms with van der Waals surface area (Å²) in [7, 11) is 0. The zero-order valence-electron chi connectivity index (χ0n) is 7.34. The normalized spacial score (nSPS) is 33.7. The van der Waals surface area contributed by atoms with Gasteiger partial charge in [0.15, 0.2) is 0 Å². The Balaban J connectivity index is 2.52. The lowest BCUT2D eigenvalue weighted by molar-refractivity contribution is -0.119. The summed E-state index contributed by atoms with van der Waals surface area (Å²) in [6.45, 7) is 3.79. The minimum Gasteiger partial charge on any atom is -0.321 e. The van der Waals surface area contributed by atoms with Crippen molar-refractivity contribution in [2.75, 3.05) is 0 Å². The maximum absolute atomic E-state index is 11.0. The van der Waals surface area contributed by atoms with Gasteiger partial charge < -0.3 is 5.73 Å². The Bertz CT molecular complexity index is 156. The van der Waals surface area contributed by atoms with E-state index in [4.69, 9.17) is 5.73 Å². The van der Waals surface area contributed by atoms with E-state index in [1.807, 2.05) is 0 Å². The third-order valence-corrected chi connectivity index (χ3v) is 2.86. The molecule has 0 aliphatic heterocycles. The van der Waals surface area contributed by atoms with Gasteiger partial charge in [-0.1, -0.05) is 19.8 Å². The fourth-order valence-electron chi connectivity index (χ4n) is 2.01. The van der Waals surface area contributed by atoms with Crippen LogP contribution in [0, 0.1) is 11.8 Å². The van der Waals surface area contributed by atoms with E-state index < -0.39 is 0 Å². The van der Waals surface area contributed by atoms with Crippen molar-refractivity contribution in [2.24, 2.45) is 17.6 Å². The van der Waals surface area contributed by atoms with Gasteiger partial charge in [-0.05, 0) is 25.2 Å². The third-order valence-electron chi connectivity index (χ3n) is 2.86. The number of carbonyl (C=O) groups excluding carboxylic acids is 1. The topological polar surface area (TPSA) is 43.1 Å².